The lowest BCUT2D eigenvalue weighted by atomic mass is 9.49. The Morgan fingerprint density at radius 1 is 1.07 bits per heavy atom. The molecule has 148 valence electrons. The molecule has 0 aromatic carbocycles. The molecule has 8 unspecified atom stereocenters. The fraction of sp³-hybridized carbons (Fsp3) is 0.833. The molecule has 0 bridgehead atoms. The van der Waals surface area contributed by atoms with Gasteiger partial charge in [0.1, 0.15) is 0 Å². The molecule has 3 heteroatoms. The zero-order valence-corrected chi connectivity index (χ0v) is 17.1. The van der Waals surface area contributed by atoms with Crippen molar-refractivity contribution >= 4 is 5.78 Å². The quantitative estimate of drug-likeness (QED) is 0.720. The molecule has 0 N–H and O–H groups in total. The zero-order chi connectivity index (χ0) is 18.6. The molecule has 27 heavy (non-hydrogen) atoms. The summed E-state index contributed by atoms with van der Waals surface area (Å²) in [6.07, 6.45) is 17.9. The Kier molecular flexibility index (Phi) is 4.48. The van der Waals surface area contributed by atoms with Gasteiger partial charge in [-0.15, -0.1) is 0 Å². The maximum Gasteiger partial charge on any atom is 0.156 e. The van der Waals surface area contributed by atoms with E-state index in [9.17, 15) is 4.79 Å². The van der Waals surface area contributed by atoms with Crippen molar-refractivity contribution in [2.75, 3.05) is 0 Å². The van der Waals surface area contributed by atoms with Gasteiger partial charge in [-0.25, -0.2) is 4.98 Å². The number of fused-ring (bicyclic) bond motifs is 5. The first-order valence-electron chi connectivity index (χ1n) is 11.5. The second-order valence-electron chi connectivity index (χ2n) is 10.7. The van der Waals surface area contributed by atoms with Crippen LogP contribution in [0, 0.1) is 46.8 Å². The fourth-order valence-corrected chi connectivity index (χ4v) is 8.29. The standard InChI is InChI=1S/C24H36N2O/c1-16-3-5-18-17(13-16)4-6-20-19(18)9-10-24(2)21(20)7-8-22(24)23(27)14-26-12-11-25-15-26/h11-12,15-22H,3-10,13-14H2,1-2H3. The van der Waals surface area contributed by atoms with E-state index >= 15 is 0 Å². The van der Waals surface area contributed by atoms with Crippen LogP contribution in [0.3, 0.4) is 0 Å². The van der Waals surface area contributed by atoms with E-state index in [4.69, 9.17) is 0 Å². The van der Waals surface area contributed by atoms with E-state index < -0.39 is 0 Å². The average Bonchev–Trinajstić information content (AvgIpc) is 3.28. The third kappa shape index (κ3) is 2.91. The first-order valence-corrected chi connectivity index (χ1v) is 11.5. The summed E-state index contributed by atoms with van der Waals surface area (Å²) in [5.41, 5.74) is 0.258. The van der Waals surface area contributed by atoms with Crippen molar-refractivity contribution in [3.63, 3.8) is 0 Å². The second-order valence-corrected chi connectivity index (χ2v) is 10.7. The lowest BCUT2D eigenvalue weighted by Crippen LogP contribution is -2.49. The summed E-state index contributed by atoms with van der Waals surface area (Å²) in [4.78, 5) is 17.3. The highest BCUT2D eigenvalue weighted by Crippen LogP contribution is 2.64. The first kappa shape index (κ1) is 17.9. The Hall–Kier alpha value is -1.12. The Morgan fingerprint density at radius 3 is 2.74 bits per heavy atom. The van der Waals surface area contributed by atoms with Gasteiger partial charge >= 0.3 is 0 Å². The van der Waals surface area contributed by atoms with Crippen molar-refractivity contribution in [1.82, 2.24) is 9.55 Å². The summed E-state index contributed by atoms with van der Waals surface area (Å²) in [6.45, 7) is 5.46. The van der Waals surface area contributed by atoms with Gasteiger partial charge in [0.25, 0.3) is 0 Å². The molecule has 1 aromatic heterocycles. The van der Waals surface area contributed by atoms with Gasteiger partial charge in [-0.1, -0.05) is 20.3 Å². The minimum Gasteiger partial charge on any atom is -0.330 e. The molecule has 1 aromatic rings. The van der Waals surface area contributed by atoms with E-state index in [1.807, 2.05) is 10.8 Å². The lowest BCUT2D eigenvalue weighted by molar-refractivity contribution is -0.131. The minimum absolute atomic E-state index is 0.258. The predicted molar refractivity (Wildman–Crippen MR) is 107 cm³/mol. The van der Waals surface area contributed by atoms with Gasteiger partial charge in [0.2, 0.25) is 0 Å². The van der Waals surface area contributed by atoms with Crippen molar-refractivity contribution in [2.24, 2.45) is 46.8 Å². The topological polar surface area (TPSA) is 34.9 Å². The summed E-state index contributed by atoms with van der Waals surface area (Å²) in [6, 6.07) is 0. The Labute approximate surface area is 164 Å². The number of Topliss-reactive ketones (excluding diaryl/α,β-unsaturated/α-hetero) is 1. The molecule has 4 aliphatic rings. The van der Waals surface area contributed by atoms with E-state index in [0.29, 0.717) is 12.3 Å². The average molecular weight is 369 g/mol. The van der Waals surface area contributed by atoms with Gasteiger partial charge in [0.05, 0.1) is 12.9 Å². The number of rotatable bonds is 3. The van der Waals surface area contributed by atoms with Gasteiger partial charge in [-0.2, -0.15) is 0 Å². The number of ketones is 1. The van der Waals surface area contributed by atoms with Crippen LogP contribution in [-0.2, 0) is 11.3 Å². The number of hydrogen-bond acceptors (Lipinski definition) is 2. The molecule has 0 aliphatic heterocycles. The van der Waals surface area contributed by atoms with Gasteiger partial charge < -0.3 is 4.57 Å². The normalized spacial score (nSPS) is 46.4. The maximum absolute atomic E-state index is 13.1. The third-order valence-corrected chi connectivity index (χ3v) is 9.50. The SMILES string of the molecule is CC1CCC2C(CCC3C2CCC2(C)C(C(=O)Cn4ccnc4)CCC32)C1. The predicted octanol–water partition coefficient (Wildman–Crippen LogP) is 5.36. The highest BCUT2D eigenvalue weighted by Gasteiger charge is 2.58. The van der Waals surface area contributed by atoms with Gasteiger partial charge in [-0.3, -0.25) is 4.79 Å². The zero-order valence-electron chi connectivity index (χ0n) is 17.1. The van der Waals surface area contributed by atoms with Crippen LogP contribution in [0.4, 0.5) is 0 Å². The molecule has 0 radical (unpaired) electrons. The van der Waals surface area contributed by atoms with Crippen LogP contribution in [0.15, 0.2) is 18.7 Å². The Balaban J connectivity index is 1.33. The summed E-state index contributed by atoms with van der Waals surface area (Å²) >= 11 is 0. The number of carbonyl (C=O) groups excluding carboxylic acids is 1. The van der Waals surface area contributed by atoms with E-state index in [1.54, 1.807) is 12.5 Å². The van der Waals surface area contributed by atoms with Gasteiger partial charge in [0, 0.05) is 18.3 Å². The van der Waals surface area contributed by atoms with Crippen LogP contribution in [0.25, 0.3) is 0 Å². The molecule has 0 saturated heterocycles. The molecule has 4 aliphatic carbocycles. The maximum atomic E-state index is 13.1. The van der Waals surface area contributed by atoms with Crippen LogP contribution in [-0.4, -0.2) is 15.3 Å². The van der Waals surface area contributed by atoms with Crippen molar-refractivity contribution in [3.8, 4) is 0 Å². The van der Waals surface area contributed by atoms with Crippen molar-refractivity contribution in [1.29, 1.82) is 0 Å². The van der Waals surface area contributed by atoms with Crippen LogP contribution in [0.1, 0.15) is 71.6 Å². The fourth-order valence-electron chi connectivity index (χ4n) is 8.29. The van der Waals surface area contributed by atoms with Crippen molar-refractivity contribution in [2.45, 2.75) is 78.2 Å². The molecule has 0 spiro atoms. The summed E-state index contributed by atoms with van der Waals surface area (Å²) < 4.78 is 1.96. The van der Waals surface area contributed by atoms with E-state index in [1.165, 1.54) is 51.4 Å². The van der Waals surface area contributed by atoms with Crippen LogP contribution < -0.4 is 0 Å². The van der Waals surface area contributed by atoms with Gasteiger partial charge in [0.15, 0.2) is 5.78 Å². The van der Waals surface area contributed by atoms with E-state index in [0.717, 1.165) is 41.9 Å². The number of imidazole rings is 1. The van der Waals surface area contributed by atoms with Crippen LogP contribution >= 0.6 is 0 Å². The third-order valence-electron chi connectivity index (χ3n) is 9.50. The number of hydrogen-bond donors (Lipinski definition) is 0. The molecule has 4 saturated carbocycles. The molecular weight excluding hydrogens is 332 g/mol. The second kappa shape index (κ2) is 6.74. The molecule has 1 heterocycles. The molecule has 3 nitrogen and oxygen atoms in total. The number of carbonyl (C=O) groups is 1. The van der Waals surface area contributed by atoms with Gasteiger partial charge in [-0.05, 0) is 92.3 Å². The van der Waals surface area contributed by atoms with E-state index in [-0.39, 0.29) is 11.3 Å². The highest BCUT2D eigenvalue weighted by molar-refractivity contribution is 5.82. The summed E-state index contributed by atoms with van der Waals surface area (Å²) in [7, 11) is 0. The molecule has 4 fully saturated rings. The van der Waals surface area contributed by atoms with E-state index in [2.05, 4.69) is 18.8 Å². The lowest BCUT2D eigenvalue weighted by Gasteiger charge is -2.56. The van der Waals surface area contributed by atoms with Crippen molar-refractivity contribution in [3.05, 3.63) is 18.7 Å². The molecular formula is C24H36N2O. The largest absolute Gasteiger partial charge is 0.330 e. The molecule has 8 atom stereocenters. The number of aromatic nitrogens is 2. The number of nitrogens with zero attached hydrogens (tertiary/aromatic N) is 2. The van der Waals surface area contributed by atoms with Crippen LogP contribution in [0.5, 0.6) is 0 Å². The van der Waals surface area contributed by atoms with Crippen LogP contribution in [0.2, 0.25) is 0 Å². The Morgan fingerprint density at radius 2 is 1.93 bits per heavy atom. The summed E-state index contributed by atoms with van der Waals surface area (Å²) in [5, 5.41) is 0. The molecule has 5 rings (SSSR count). The first-order chi connectivity index (χ1) is 13.1. The smallest absolute Gasteiger partial charge is 0.156 e. The Bertz CT molecular complexity index is 683. The minimum atomic E-state index is 0.258. The monoisotopic (exact) mass is 368 g/mol. The summed E-state index contributed by atoms with van der Waals surface area (Å²) in [5.74, 6) is 6.37. The van der Waals surface area contributed by atoms with Crippen molar-refractivity contribution < 1.29 is 4.79 Å². The molecule has 0 amide bonds. The highest BCUT2D eigenvalue weighted by atomic mass is 16.1.